The van der Waals surface area contributed by atoms with Crippen LogP contribution in [0.15, 0.2) is 0 Å². The highest BCUT2D eigenvalue weighted by molar-refractivity contribution is 4.83. The van der Waals surface area contributed by atoms with Gasteiger partial charge in [-0.25, -0.2) is 0 Å². The molecule has 2 rings (SSSR count). The van der Waals surface area contributed by atoms with Crippen molar-refractivity contribution in [2.45, 2.75) is 76.8 Å². The van der Waals surface area contributed by atoms with E-state index in [2.05, 4.69) is 11.8 Å². The van der Waals surface area contributed by atoms with Crippen LogP contribution in [0.2, 0.25) is 0 Å². The van der Waals surface area contributed by atoms with Crippen molar-refractivity contribution in [1.82, 2.24) is 4.90 Å². The normalized spacial score (nSPS) is 25.6. The number of nitrogens with two attached hydrogens (primary N) is 1. The van der Waals surface area contributed by atoms with E-state index in [0.29, 0.717) is 6.04 Å². The standard InChI is InChI=1S/C15H30N2/c1-2-17(14-10-4-3-5-11-14)12-15(16)13-8-6-7-9-13/h13-15H,2-12,16H2,1H3. The lowest BCUT2D eigenvalue weighted by molar-refractivity contribution is 0.143. The Morgan fingerprint density at radius 3 is 2.18 bits per heavy atom. The van der Waals surface area contributed by atoms with Crippen LogP contribution in [-0.2, 0) is 0 Å². The van der Waals surface area contributed by atoms with Crippen LogP contribution in [0.5, 0.6) is 0 Å². The summed E-state index contributed by atoms with van der Waals surface area (Å²) in [6.45, 7) is 4.63. The van der Waals surface area contributed by atoms with Crippen LogP contribution in [0.3, 0.4) is 0 Å². The lowest BCUT2D eigenvalue weighted by Crippen LogP contribution is -2.46. The molecule has 0 amide bonds. The Hall–Kier alpha value is -0.0800. The molecule has 2 saturated carbocycles. The van der Waals surface area contributed by atoms with Crippen LogP contribution in [-0.4, -0.2) is 30.1 Å². The van der Waals surface area contributed by atoms with E-state index in [0.717, 1.165) is 18.5 Å². The predicted molar refractivity (Wildman–Crippen MR) is 74.1 cm³/mol. The molecule has 2 nitrogen and oxygen atoms in total. The summed E-state index contributed by atoms with van der Waals surface area (Å²) in [6.07, 6.45) is 12.7. The fourth-order valence-electron chi connectivity index (χ4n) is 3.79. The molecule has 0 aliphatic heterocycles. The first-order valence-corrected chi connectivity index (χ1v) is 7.81. The monoisotopic (exact) mass is 238 g/mol. The van der Waals surface area contributed by atoms with Gasteiger partial charge >= 0.3 is 0 Å². The molecule has 0 aromatic rings. The van der Waals surface area contributed by atoms with Crippen LogP contribution < -0.4 is 5.73 Å². The number of hydrogen-bond acceptors (Lipinski definition) is 2. The Balaban J connectivity index is 1.80. The Bertz CT molecular complexity index is 205. The minimum absolute atomic E-state index is 0.430. The molecule has 2 heteroatoms. The summed E-state index contributed by atoms with van der Waals surface area (Å²) < 4.78 is 0. The molecule has 0 saturated heterocycles. The van der Waals surface area contributed by atoms with Crippen LogP contribution in [0.1, 0.15) is 64.7 Å². The van der Waals surface area contributed by atoms with Crippen molar-refractivity contribution in [3.05, 3.63) is 0 Å². The van der Waals surface area contributed by atoms with Gasteiger partial charge < -0.3 is 5.73 Å². The van der Waals surface area contributed by atoms with Crippen molar-refractivity contribution in [3.8, 4) is 0 Å². The van der Waals surface area contributed by atoms with Crippen LogP contribution >= 0.6 is 0 Å². The molecule has 0 heterocycles. The first-order chi connectivity index (χ1) is 8.31. The second-order valence-corrected chi connectivity index (χ2v) is 6.09. The quantitative estimate of drug-likeness (QED) is 0.797. The largest absolute Gasteiger partial charge is 0.326 e. The van der Waals surface area contributed by atoms with Crippen molar-refractivity contribution in [2.75, 3.05) is 13.1 Å². The van der Waals surface area contributed by atoms with E-state index in [9.17, 15) is 0 Å². The van der Waals surface area contributed by atoms with Crippen molar-refractivity contribution < 1.29 is 0 Å². The number of nitrogens with zero attached hydrogens (tertiary/aromatic N) is 1. The maximum absolute atomic E-state index is 6.42. The molecule has 100 valence electrons. The second-order valence-electron chi connectivity index (χ2n) is 6.09. The third-order valence-corrected chi connectivity index (χ3v) is 4.95. The summed E-state index contributed by atoms with van der Waals surface area (Å²) >= 11 is 0. The smallest absolute Gasteiger partial charge is 0.0196 e. The van der Waals surface area contributed by atoms with Gasteiger partial charge in [0.2, 0.25) is 0 Å². The van der Waals surface area contributed by atoms with E-state index < -0.39 is 0 Å². The molecule has 0 spiro atoms. The van der Waals surface area contributed by atoms with E-state index >= 15 is 0 Å². The molecule has 1 atom stereocenters. The minimum Gasteiger partial charge on any atom is -0.326 e. The molecule has 1 unspecified atom stereocenters. The lowest BCUT2D eigenvalue weighted by atomic mass is 9.92. The molecule has 0 aromatic carbocycles. The fourth-order valence-corrected chi connectivity index (χ4v) is 3.79. The van der Waals surface area contributed by atoms with E-state index in [1.54, 1.807) is 0 Å². The Kier molecular flexibility index (Phi) is 5.30. The Morgan fingerprint density at radius 1 is 1.00 bits per heavy atom. The van der Waals surface area contributed by atoms with Crippen LogP contribution in [0, 0.1) is 5.92 Å². The highest BCUT2D eigenvalue weighted by Gasteiger charge is 2.26. The predicted octanol–water partition coefficient (Wildman–Crippen LogP) is 3.16. The Labute approximate surface area is 107 Å². The molecule has 17 heavy (non-hydrogen) atoms. The second kappa shape index (κ2) is 6.75. The zero-order chi connectivity index (χ0) is 12.1. The summed E-state index contributed by atoms with van der Waals surface area (Å²) in [6, 6.07) is 1.26. The van der Waals surface area contributed by atoms with Crippen molar-refractivity contribution in [1.29, 1.82) is 0 Å². The summed E-state index contributed by atoms with van der Waals surface area (Å²) in [4.78, 5) is 2.67. The van der Waals surface area contributed by atoms with E-state index in [4.69, 9.17) is 5.73 Å². The Morgan fingerprint density at radius 2 is 1.59 bits per heavy atom. The van der Waals surface area contributed by atoms with Gasteiger partial charge in [0.15, 0.2) is 0 Å². The summed E-state index contributed by atoms with van der Waals surface area (Å²) in [5.74, 6) is 0.813. The van der Waals surface area contributed by atoms with E-state index in [1.165, 1.54) is 64.3 Å². The molecule has 2 N–H and O–H groups in total. The third kappa shape index (κ3) is 3.69. The molecule has 2 fully saturated rings. The molecule has 0 aromatic heterocycles. The molecule has 2 aliphatic carbocycles. The molecule has 2 aliphatic rings. The maximum atomic E-state index is 6.42. The topological polar surface area (TPSA) is 29.3 Å². The number of hydrogen-bond donors (Lipinski definition) is 1. The van der Waals surface area contributed by atoms with Gasteiger partial charge in [-0.2, -0.15) is 0 Å². The lowest BCUT2D eigenvalue weighted by Gasteiger charge is -2.36. The van der Waals surface area contributed by atoms with Gasteiger partial charge in [0.05, 0.1) is 0 Å². The van der Waals surface area contributed by atoms with Gasteiger partial charge in [-0.15, -0.1) is 0 Å². The average Bonchev–Trinajstić information content (AvgIpc) is 2.90. The van der Waals surface area contributed by atoms with Crippen molar-refractivity contribution in [2.24, 2.45) is 11.7 Å². The van der Waals surface area contributed by atoms with Gasteiger partial charge in [-0.1, -0.05) is 39.0 Å². The molecule has 0 bridgehead atoms. The summed E-state index contributed by atoms with van der Waals surface area (Å²) in [5.41, 5.74) is 6.42. The average molecular weight is 238 g/mol. The molecular weight excluding hydrogens is 208 g/mol. The van der Waals surface area contributed by atoms with Crippen molar-refractivity contribution in [3.63, 3.8) is 0 Å². The van der Waals surface area contributed by atoms with Crippen LogP contribution in [0.25, 0.3) is 0 Å². The van der Waals surface area contributed by atoms with E-state index in [-0.39, 0.29) is 0 Å². The van der Waals surface area contributed by atoms with Gasteiger partial charge in [-0.3, -0.25) is 4.90 Å². The third-order valence-electron chi connectivity index (χ3n) is 4.95. The molecular formula is C15H30N2. The zero-order valence-electron chi connectivity index (χ0n) is 11.5. The minimum atomic E-state index is 0.430. The maximum Gasteiger partial charge on any atom is 0.0196 e. The first-order valence-electron chi connectivity index (χ1n) is 7.81. The first kappa shape index (κ1) is 13.4. The van der Waals surface area contributed by atoms with Gasteiger partial charge in [-0.05, 0) is 38.1 Å². The number of likely N-dealkylation sites (N-methyl/N-ethyl adjacent to an activating group) is 1. The van der Waals surface area contributed by atoms with Gasteiger partial charge in [0, 0.05) is 18.6 Å². The highest BCUT2D eigenvalue weighted by atomic mass is 15.2. The van der Waals surface area contributed by atoms with E-state index in [1.807, 2.05) is 0 Å². The highest BCUT2D eigenvalue weighted by Crippen LogP contribution is 2.28. The zero-order valence-corrected chi connectivity index (χ0v) is 11.5. The SMILES string of the molecule is CCN(CC(N)C1CCCC1)C1CCCCC1. The van der Waals surface area contributed by atoms with Gasteiger partial charge in [0.1, 0.15) is 0 Å². The molecule has 0 radical (unpaired) electrons. The van der Waals surface area contributed by atoms with Crippen molar-refractivity contribution >= 4 is 0 Å². The fraction of sp³-hybridized carbons (Fsp3) is 1.00. The van der Waals surface area contributed by atoms with Gasteiger partial charge in [0.25, 0.3) is 0 Å². The number of rotatable bonds is 5. The summed E-state index contributed by atoms with van der Waals surface area (Å²) in [5, 5.41) is 0. The van der Waals surface area contributed by atoms with Crippen LogP contribution in [0.4, 0.5) is 0 Å². The summed E-state index contributed by atoms with van der Waals surface area (Å²) in [7, 11) is 0.